The van der Waals surface area contributed by atoms with Crippen LogP contribution in [0.5, 0.6) is 0 Å². The molecular formula is C26H46O4. The van der Waals surface area contributed by atoms with E-state index in [2.05, 4.69) is 32.6 Å². The summed E-state index contributed by atoms with van der Waals surface area (Å²) in [6.45, 7) is 7.18. The minimum absolute atomic E-state index is 0.149. The van der Waals surface area contributed by atoms with Crippen LogP contribution >= 0.6 is 0 Å². The van der Waals surface area contributed by atoms with Gasteiger partial charge < -0.3 is 9.47 Å². The first-order valence-corrected chi connectivity index (χ1v) is 12.4. The number of hydrogen-bond acceptors (Lipinski definition) is 4. The molecule has 0 spiro atoms. The van der Waals surface area contributed by atoms with Crippen LogP contribution in [0.1, 0.15) is 124 Å². The van der Waals surface area contributed by atoms with Crippen molar-refractivity contribution < 1.29 is 19.1 Å². The van der Waals surface area contributed by atoms with E-state index in [1.165, 1.54) is 51.4 Å². The molecule has 0 aromatic rings. The van der Waals surface area contributed by atoms with Gasteiger partial charge in [-0.15, -0.1) is 0 Å². The van der Waals surface area contributed by atoms with E-state index in [0.717, 1.165) is 32.1 Å². The Bertz CT molecular complexity index is 475. The topological polar surface area (TPSA) is 52.6 Å². The normalized spacial score (nSPS) is 11.4. The molecule has 0 aliphatic carbocycles. The number of rotatable bonds is 19. The number of carbonyl (C=O) groups is 2. The molecule has 0 aromatic heterocycles. The minimum Gasteiger partial charge on any atom is -0.465 e. The molecule has 0 amide bonds. The molecule has 4 heteroatoms. The Morgan fingerprint density at radius 3 is 1.93 bits per heavy atom. The standard InChI is InChI=1S/C26H46O4/c1-4-7-9-10-11-12-13-14-15-16-17-22-29-25(27)20-18-21-26(28)30-23-24(6-3)19-8-5-2/h24H,4-15,18-23H2,1-3H3. The van der Waals surface area contributed by atoms with Crippen molar-refractivity contribution in [2.75, 3.05) is 13.2 Å². The average molecular weight is 423 g/mol. The van der Waals surface area contributed by atoms with Crippen LogP contribution in [0.15, 0.2) is 0 Å². The summed E-state index contributed by atoms with van der Waals surface area (Å²) >= 11 is 0. The van der Waals surface area contributed by atoms with Crippen molar-refractivity contribution in [1.29, 1.82) is 0 Å². The third kappa shape index (κ3) is 19.8. The Balaban J connectivity index is 3.57. The summed E-state index contributed by atoms with van der Waals surface area (Å²) in [5, 5.41) is 0. The molecule has 0 N–H and O–H groups in total. The van der Waals surface area contributed by atoms with Crippen molar-refractivity contribution in [3.05, 3.63) is 0 Å². The Hall–Kier alpha value is -1.50. The highest BCUT2D eigenvalue weighted by Gasteiger charge is 2.11. The Morgan fingerprint density at radius 1 is 0.700 bits per heavy atom. The monoisotopic (exact) mass is 422 g/mol. The van der Waals surface area contributed by atoms with E-state index in [4.69, 9.17) is 9.47 Å². The quantitative estimate of drug-likeness (QED) is 0.128. The smallest absolute Gasteiger partial charge is 0.306 e. The molecule has 174 valence electrons. The van der Waals surface area contributed by atoms with Gasteiger partial charge in [0.1, 0.15) is 0 Å². The van der Waals surface area contributed by atoms with Crippen LogP contribution in [-0.4, -0.2) is 25.2 Å². The zero-order valence-corrected chi connectivity index (χ0v) is 19.9. The number of carbonyl (C=O) groups excluding carboxylic acids is 2. The van der Waals surface area contributed by atoms with Gasteiger partial charge in [0.25, 0.3) is 0 Å². The van der Waals surface area contributed by atoms with Crippen LogP contribution in [0.2, 0.25) is 0 Å². The Kier molecular flexibility index (Phi) is 21.1. The summed E-state index contributed by atoms with van der Waals surface area (Å²) in [4.78, 5) is 23.5. The van der Waals surface area contributed by atoms with Gasteiger partial charge in [0, 0.05) is 19.3 Å². The van der Waals surface area contributed by atoms with Crippen LogP contribution in [0, 0.1) is 17.8 Å². The summed E-state index contributed by atoms with van der Waals surface area (Å²) < 4.78 is 10.4. The van der Waals surface area contributed by atoms with Gasteiger partial charge in [-0.1, -0.05) is 96.8 Å². The van der Waals surface area contributed by atoms with Crippen LogP contribution in [0.4, 0.5) is 0 Å². The molecule has 0 rings (SSSR count). The maximum absolute atomic E-state index is 11.8. The predicted octanol–water partition coefficient (Wildman–Crippen LogP) is 6.99. The lowest BCUT2D eigenvalue weighted by Crippen LogP contribution is -2.14. The third-order valence-corrected chi connectivity index (χ3v) is 5.37. The molecule has 4 nitrogen and oxygen atoms in total. The lowest BCUT2D eigenvalue weighted by molar-refractivity contribution is -0.146. The first-order chi connectivity index (χ1) is 14.6. The maximum atomic E-state index is 11.8. The van der Waals surface area contributed by atoms with Crippen LogP contribution in [-0.2, 0) is 19.1 Å². The second kappa shape index (κ2) is 22.2. The molecule has 0 saturated heterocycles. The summed E-state index contributed by atoms with van der Waals surface area (Å²) in [7, 11) is 0. The Morgan fingerprint density at radius 2 is 1.30 bits per heavy atom. The van der Waals surface area contributed by atoms with E-state index < -0.39 is 0 Å². The molecule has 0 heterocycles. The molecule has 0 fully saturated rings. The van der Waals surface area contributed by atoms with E-state index in [1.807, 2.05) is 0 Å². The average Bonchev–Trinajstić information content (AvgIpc) is 2.74. The Labute approximate surface area is 185 Å². The largest absolute Gasteiger partial charge is 0.465 e. The van der Waals surface area contributed by atoms with Gasteiger partial charge in [-0.25, -0.2) is 0 Å². The zero-order chi connectivity index (χ0) is 22.3. The second-order valence-electron chi connectivity index (χ2n) is 8.19. The molecule has 1 unspecified atom stereocenters. The molecule has 0 saturated carbocycles. The van der Waals surface area contributed by atoms with Gasteiger partial charge in [-0.05, 0) is 25.2 Å². The van der Waals surface area contributed by atoms with Crippen molar-refractivity contribution in [2.24, 2.45) is 5.92 Å². The second-order valence-corrected chi connectivity index (χ2v) is 8.19. The highest BCUT2D eigenvalue weighted by molar-refractivity contribution is 5.72. The maximum Gasteiger partial charge on any atom is 0.306 e. The van der Waals surface area contributed by atoms with Gasteiger partial charge >= 0.3 is 11.9 Å². The van der Waals surface area contributed by atoms with Gasteiger partial charge in [0.05, 0.1) is 6.61 Å². The van der Waals surface area contributed by atoms with E-state index >= 15 is 0 Å². The van der Waals surface area contributed by atoms with E-state index in [9.17, 15) is 9.59 Å². The fraction of sp³-hybridized carbons (Fsp3) is 0.846. The lowest BCUT2D eigenvalue weighted by Gasteiger charge is -2.14. The molecular weight excluding hydrogens is 376 g/mol. The number of hydrogen-bond donors (Lipinski definition) is 0. The summed E-state index contributed by atoms with van der Waals surface area (Å²) in [6.07, 6.45) is 16.6. The molecule has 1 atom stereocenters. The first kappa shape index (κ1) is 28.5. The third-order valence-electron chi connectivity index (χ3n) is 5.37. The lowest BCUT2D eigenvalue weighted by atomic mass is 10.0. The van der Waals surface area contributed by atoms with E-state index in [0.29, 0.717) is 18.9 Å². The molecule has 0 bridgehead atoms. The SMILES string of the molecule is CCCCCCCCCCC#CCOC(=O)CCCC(=O)OCC(CC)CCCC. The summed E-state index contributed by atoms with van der Waals surface area (Å²) in [5.41, 5.74) is 0. The van der Waals surface area contributed by atoms with Crippen molar-refractivity contribution in [2.45, 2.75) is 124 Å². The first-order valence-electron chi connectivity index (χ1n) is 12.4. The minimum atomic E-state index is -0.293. The molecule has 0 aliphatic rings. The van der Waals surface area contributed by atoms with Gasteiger partial charge in [-0.2, -0.15) is 0 Å². The van der Waals surface area contributed by atoms with Crippen LogP contribution in [0.3, 0.4) is 0 Å². The highest BCUT2D eigenvalue weighted by Crippen LogP contribution is 2.13. The van der Waals surface area contributed by atoms with Crippen LogP contribution < -0.4 is 0 Å². The van der Waals surface area contributed by atoms with Crippen molar-refractivity contribution in [3.63, 3.8) is 0 Å². The fourth-order valence-electron chi connectivity index (χ4n) is 3.23. The number of ether oxygens (including phenoxy) is 2. The summed E-state index contributed by atoms with van der Waals surface area (Å²) in [6, 6.07) is 0. The fourth-order valence-corrected chi connectivity index (χ4v) is 3.23. The van der Waals surface area contributed by atoms with Crippen LogP contribution in [0.25, 0.3) is 0 Å². The molecule has 0 radical (unpaired) electrons. The molecule has 0 aromatic carbocycles. The summed E-state index contributed by atoms with van der Waals surface area (Å²) in [5.74, 6) is 5.91. The molecule has 30 heavy (non-hydrogen) atoms. The zero-order valence-electron chi connectivity index (χ0n) is 19.9. The van der Waals surface area contributed by atoms with E-state index in [-0.39, 0.29) is 31.4 Å². The number of esters is 2. The van der Waals surface area contributed by atoms with Gasteiger partial charge in [0.2, 0.25) is 0 Å². The highest BCUT2D eigenvalue weighted by atomic mass is 16.5. The van der Waals surface area contributed by atoms with Gasteiger partial charge in [-0.3, -0.25) is 9.59 Å². The number of unbranched alkanes of at least 4 members (excludes halogenated alkanes) is 9. The molecule has 0 aliphatic heterocycles. The van der Waals surface area contributed by atoms with Gasteiger partial charge in [0.15, 0.2) is 6.61 Å². The van der Waals surface area contributed by atoms with Crippen molar-refractivity contribution >= 4 is 11.9 Å². The van der Waals surface area contributed by atoms with E-state index in [1.54, 1.807) is 0 Å². The predicted molar refractivity (Wildman–Crippen MR) is 124 cm³/mol. The van der Waals surface area contributed by atoms with Crippen molar-refractivity contribution in [1.82, 2.24) is 0 Å². The van der Waals surface area contributed by atoms with Crippen molar-refractivity contribution in [3.8, 4) is 11.8 Å².